The average Bonchev–Trinajstić information content (AvgIpc) is 2.72. The van der Waals surface area contributed by atoms with Crippen LogP contribution < -0.4 is 10.6 Å². The highest BCUT2D eigenvalue weighted by atomic mass is 16.5. The van der Waals surface area contributed by atoms with Crippen LogP contribution in [0.2, 0.25) is 0 Å². The molecule has 0 spiro atoms. The first-order valence-electron chi connectivity index (χ1n) is 9.54. The molecule has 0 bridgehead atoms. The van der Waals surface area contributed by atoms with Crippen LogP contribution in [0.4, 0.5) is 17.1 Å². The number of hydrogen-bond acceptors (Lipinski definition) is 4. The van der Waals surface area contributed by atoms with E-state index in [0.29, 0.717) is 30.0 Å². The normalized spacial score (nSPS) is 10.3. The van der Waals surface area contributed by atoms with E-state index in [4.69, 9.17) is 4.74 Å². The van der Waals surface area contributed by atoms with Crippen LogP contribution >= 0.6 is 0 Å². The van der Waals surface area contributed by atoms with Crippen LogP contribution in [0, 0.1) is 6.92 Å². The molecule has 0 atom stereocenters. The molecular weight excluding hydrogens is 364 g/mol. The van der Waals surface area contributed by atoms with Gasteiger partial charge in [-0.15, -0.1) is 0 Å². The zero-order chi connectivity index (χ0) is 20.6. The summed E-state index contributed by atoms with van der Waals surface area (Å²) in [5, 5.41) is 6.14. The summed E-state index contributed by atoms with van der Waals surface area (Å²) in [6.07, 6.45) is 0.333. The summed E-state index contributed by atoms with van der Waals surface area (Å²) in [6.45, 7) is 4.10. The molecule has 0 aliphatic carbocycles. The van der Waals surface area contributed by atoms with Crippen molar-refractivity contribution in [2.75, 3.05) is 17.2 Å². The van der Waals surface area contributed by atoms with E-state index in [-0.39, 0.29) is 11.9 Å². The third-order valence-corrected chi connectivity index (χ3v) is 4.48. The van der Waals surface area contributed by atoms with E-state index >= 15 is 0 Å². The molecule has 3 aromatic carbocycles. The van der Waals surface area contributed by atoms with Crippen molar-refractivity contribution in [1.82, 2.24) is 0 Å². The highest BCUT2D eigenvalue weighted by Crippen LogP contribution is 2.23. The van der Waals surface area contributed by atoms with Crippen molar-refractivity contribution < 1.29 is 14.3 Å². The molecule has 0 unspecified atom stereocenters. The molecule has 0 heterocycles. The second kappa shape index (κ2) is 9.55. The summed E-state index contributed by atoms with van der Waals surface area (Å²) in [5.41, 5.74) is 4.78. The Morgan fingerprint density at radius 2 is 1.52 bits per heavy atom. The van der Waals surface area contributed by atoms with E-state index in [1.807, 2.05) is 67.6 Å². The summed E-state index contributed by atoms with van der Waals surface area (Å²) in [5.74, 6) is -0.427. The lowest BCUT2D eigenvalue weighted by atomic mass is 10.1. The van der Waals surface area contributed by atoms with Crippen molar-refractivity contribution in [1.29, 1.82) is 0 Å². The standard InChI is InChI=1S/C24H24N2O3/c1-3-29-24(28)21-10-6-7-11-22(21)25-19-12-14-20(15-13-19)26-23(27)16-18-9-5-4-8-17(18)2/h4-15,25H,3,16H2,1-2H3,(H,26,27). The maximum atomic E-state index is 12.3. The number of esters is 1. The van der Waals surface area contributed by atoms with Gasteiger partial charge in [-0.2, -0.15) is 0 Å². The van der Waals surface area contributed by atoms with Crippen molar-refractivity contribution in [2.24, 2.45) is 0 Å². The maximum Gasteiger partial charge on any atom is 0.340 e. The second-order valence-electron chi connectivity index (χ2n) is 6.62. The molecule has 0 aliphatic heterocycles. The number of para-hydroxylation sites is 1. The average molecular weight is 388 g/mol. The smallest absolute Gasteiger partial charge is 0.340 e. The van der Waals surface area contributed by atoms with E-state index in [2.05, 4.69) is 10.6 Å². The van der Waals surface area contributed by atoms with Crippen molar-refractivity contribution in [3.8, 4) is 0 Å². The number of ether oxygens (including phenoxy) is 1. The van der Waals surface area contributed by atoms with Crippen LogP contribution in [0.5, 0.6) is 0 Å². The van der Waals surface area contributed by atoms with Gasteiger partial charge in [0.15, 0.2) is 0 Å². The molecule has 5 nitrogen and oxygen atoms in total. The van der Waals surface area contributed by atoms with Crippen LogP contribution in [-0.2, 0) is 16.0 Å². The Balaban J connectivity index is 1.64. The Morgan fingerprint density at radius 1 is 0.862 bits per heavy atom. The highest BCUT2D eigenvalue weighted by molar-refractivity contribution is 5.96. The zero-order valence-electron chi connectivity index (χ0n) is 16.6. The second-order valence-corrected chi connectivity index (χ2v) is 6.62. The highest BCUT2D eigenvalue weighted by Gasteiger charge is 2.12. The zero-order valence-corrected chi connectivity index (χ0v) is 16.6. The van der Waals surface area contributed by atoms with Gasteiger partial charge in [0.2, 0.25) is 5.91 Å². The van der Waals surface area contributed by atoms with Gasteiger partial charge in [-0.3, -0.25) is 4.79 Å². The van der Waals surface area contributed by atoms with Gasteiger partial charge in [-0.1, -0.05) is 36.4 Å². The van der Waals surface area contributed by atoms with E-state index in [1.54, 1.807) is 19.1 Å². The molecular formula is C24H24N2O3. The van der Waals surface area contributed by atoms with Crippen molar-refractivity contribution >= 4 is 28.9 Å². The summed E-state index contributed by atoms with van der Waals surface area (Å²) >= 11 is 0. The van der Waals surface area contributed by atoms with Crippen LogP contribution in [0.25, 0.3) is 0 Å². The van der Waals surface area contributed by atoms with Crippen molar-refractivity contribution in [3.05, 3.63) is 89.5 Å². The molecule has 29 heavy (non-hydrogen) atoms. The molecule has 0 radical (unpaired) electrons. The lowest BCUT2D eigenvalue weighted by Gasteiger charge is -2.12. The SMILES string of the molecule is CCOC(=O)c1ccccc1Nc1ccc(NC(=O)Cc2ccccc2C)cc1. The first-order valence-corrected chi connectivity index (χ1v) is 9.54. The lowest BCUT2D eigenvalue weighted by molar-refractivity contribution is -0.115. The van der Waals surface area contributed by atoms with Crippen molar-refractivity contribution in [3.63, 3.8) is 0 Å². The maximum absolute atomic E-state index is 12.3. The predicted molar refractivity (Wildman–Crippen MR) is 116 cm³/mol. The minimum Gasteiger partial charge on any atom is -0.462 e. The number of amides is 1. The van der Waals surface area contributed by atoms with Gasteiger partial charge in [-0.05, 0) is 61.4 Å². The number of rotatable bonds is 7. The monoisotopic (exact) mass is 388 g/mol. The molecule has 2 N–H and O–H groups in total. The van der Waals surface area contributed by atoms with Gasteiger partial charge in [0.25, 0.3) is 0 Å². The Labute approximate surface area is 170 Å². The van der Waals surface area contributed by atoms with Gasteiger partial charge in [0, 0.05) is 11.4 Å². The number of carbonyl (C=O) groups is 2. The number of benzene rings is 3. The number of nitrogens with one attached hydrogen (secondary N) is 2. The van der Waals surface area contributed by atoms with Gasteiger partial charge in [0.05, 0.1) is 24.3 Å². The Morgan fingerprint density at radius 3 is 2.24 bits per heavy atom. The first kappa shape index (κ1) is 20.1. The largest absolute Gasteiger partial charge is 0.462 e. The summed E-state index contributed by atoms with van der Waals surface area (Å²) in [6, 6.07) is 22.4. The lowest BCUT2D eigenvalue weighted by Crippen LogP contribution is -2.15. The van der Waals surface area contributed by atoms with Crippen LogP contribution in [0.1, 0.15) is 28.4 Å². The summed E-state index contributed by atoms with van der Waals surface area (Å²) < 4.78 is 5.10. The Bertz CT molecular complexity index is 997. The van der Waals surface area contributed by atoms with Crippen LogP contribution in [0.3, 0.4) is 0 Å². The molecule has 0 fully saturated rings. The summed E-state index contributed by atoms with van der Waals surface area (Å²) in [4.78, 5) is 24.4. The predicted octanol–water partition coefficient (Wildman–Crippen LogP) is 5.10. The number of hydrogen-bond donors (Lipinski definition) is 2. The molecule has 3 rings (SSSR count). The van der Waals surface area contributed by atoms with Gasteiger partial charge in [0.1, 0.15) is 0 Å². The molecule has 3 aromatic rings. The minimum atomic E-state index is -0.365. The minimum absolute atomic E-state index is 0.0623. The van der Waals surface area contributed by atoms with E-state index in [0.717, 1.165) is 16.8 Å². The fourth-order valence-corrected chi connectivity index (χ4v) is 2.96. The van der Waals surface area contributed by atoms with E-state index in [9.17, 15) is 9.59 Å². The third-order valence-electron chi connectivity index (χ3n) is 4.48. The van der Waals surface area contributed by atoms with Gasteiger partial charge in [-0.25, -0.2) is 4.79 Å². The molecule has 5 heteroatoms. The fraction of sp³-hybridized carbons (Fsp3) is 0.167. The van der Waals surface area contributed by atoms with Crippen LogP contribution in [0.15, 0.2) is 72.8 Å². The Kier molecular flexibility index (Phi) is 6.63. The summed E-state index contributed by atoms with van der Waals surface area (Å²) in [7, 11) is 0. The molecule has 1 amide bonds. The quantitative estimate of drug-likeness (QED) is 0.553. The molecule has 0 aromatic heterocycles. The third kappa shape index (κ3) is 5.45. The molecule has 148 valence electrons. The fourth-order valence-electron chi connectivity index (χ4n) is 2.96. The molecule has 0 saturated heterocycles. The first-order chi connectivity index (χ1) is 14.1. The number of anilines is 3. The van der Waals surface area contributed by atoms with E-state index in [1.165, 1.54) is 0 Å². The number of aryl methyl sites for hydroxylation is 1. The number of carbonyl (C=O) groups excluding carboxylic acids is 2. The van der Waals surface area contributed by atoms with E-state index < -0.39 is 0 Å². The van der Waals surface area contributed by atoms with Crippen LogP contribution in [-0.4, -0.2) is 18.5 Å². The van der Waals surface area contributed by atoms with Crippen molar-refractivity contribution in [2.45, 2.75) is 20.3 Å². The molecule has 0 saturated carbocycles. The van der Waals surface area contributed by atoms with Gasteiger partial charge >= 0.3 is 5.97 Å². The van der Waals surface area contributed by atoms with Gasteiger partial charge < -0.3 is 15.4 Å². The molecule has 0 aliphatic rings. The Hall–Kier alpha value is -3.60. The topological polar surface area (TPSA) is 67.4 Å².